The fourth-order valence-electron chi connectivity index (χ4n) is 3.33. The van der Waals surface area contributed by atoms with E-state index in [0.29, 0.717) is 11.1 Å². The van der Waals surface area contributed by atoms with Crippen molar-refractivity contribution in [3.63, 3.8) is 0 Å². The molecule has 1 saturated carbocycles. The maximum atomic E-state index is 6.37. The maximum absolute atomic E-state index is 6.37. The molecular formula is C19H20BrClN4S. The van der Waals surface area contributed by atoms with Gasteiger partial charge in [-0.25, -0.2) is 9.97 Å². The summed E-state index contributed by atoms with van der Waals surface area (Å²) in [5.41, 5.74) is 1.71. The number of hydrogen-bond donors (Lipinski definition) is 2. The zero-order chi connectivity index (χ0) is 17.9. The predicted octanol–water partition coefficient (Wildman–Crippen LogP) is 6.27. The summed E-state index contributed by atoms with van der Waals surface area (Å²) < 4.78 is 1.99. The highest BCUT2D eigenvalue weighted by atomic mass is 79.9. The standard InChI is InChI=1S/C19H20BrClN4S/c20-13-7-4-8-14(17(13)21)24-19-18-15(9-10-22-19)26-16(25-18)11-23-12-5-2-1-3-6-12/h4,7-10,12,23H,1-3,5-6,11H2,(H,22,24). The molecule has 1 aliphatic carbocycles. The minimum atomic E-state index is 0.631. The molecule has 0 aliphatic heterocycles. The van der Waals surface area contributed by atoms with Crippen molar-refractivity contribution in [1.29, 1.82) is 0 Å². The van der Waals surface area contributed by atoms with Gasteiger partial charge in [-0.2, -0.15) is 0 Å². The second-order valence-electron chi connectivity index (χ2n) is 6.56. The van der Waals surface area contributed by atoms with Crippen LogP contribution in [-0.2, 0) is 6.54 Å². The van der Waals surface area contributed by atoms with Crippen LogP contribution in [-0.4, -0.2) is 16.0 Å². The van der Waals surface area contributed by atoms with Crippen molar-refractivity contribution in [2.24, 2.45) is 0 Å². The van der Waals surface area contributed by atoms with E-state index in [1.54, 1.807) is 11.3 Å². The molecule has 0 bridgehead atoms. The lowest BCUT2D eigenvalue weighted by molar-refractivity contribution is 0.372. The molecule has 26 heavy (non-hydrogen) atoms. The molecule has 2 aromatic heterocycles. The van der Waals surface area contributed by atoms with Crippen LogP contribution in [0.25, 0.3) is 10.2 Å². The van der Waals surface area contributed by atoms with Gasteiger partial charge in [0.25, 0.3) is 0 Å². The second kappa shape index (κ2) is 8.21. The molecule has 7 heteroatoms. The smallest absolute Gasteiger partial charge is 0.157 e. The van der Waals surface area contributed by atoms with Crippen LogP contribution in [0.5, 0.6) is 0 Å². The minimum absolute atomic E-state index is 0.631. The Morgan fingerprint density at radius 1 is 1.19 bits per heavy atom. The highest BCUT2D eigenvalue weighted by Crippen LogP contribution is 2.34. The van der Waals surface area contributed by atoms with Crippen LogP contribution in [0.1, 0.15) is 37.1 Å². The third-order valence-corrected chi connectivity index (χ3v) is 7.02. The average molecular weight is 452 g/mol. The molecule has 0 radical (unpaired) electrons. The molecule has 4 nitrogen and oxygen atoms in total. The number of halogens is 2. The Balaban J connectivity index is 1.54. The molecule has 1 aliphatic rings. The van der Waals surface area contributed by atoms with E-state index in [1.165, 1.54) is 32.1 Å². The molecule has 1 fully saturated rings. The summed E-state index contributed by atoms with van der Waals surface area (Å²) in [6.07, 6.45) is 8.42. The number of nitrogens with zero attached hydrogens (tertiary/aromatic N) is 2. The van der Waals surface area contributed by atoms with Crippen molar-refractivity contribution in [2.45, 2.75) is 44.7 Å². The number of pyridine rings is 1. The van der Waals surface area contributed by atoms with Gasteiger partial charge < -0.3 is 10.6 Å². The van der Waals surface area contributed by atoms with Crippen LogP contribution in [0.3, 0.4) is 0 Å². The number of aromatic nitrogens is 2. The predicted molar refractivity (Wildman–Crippen MR) is 114 cm³/mol. The summed E-state index contributed by atoms with van der Waals surface area (Å²) in [4.78, 5) is 9.30. The first kappa shape index (κ1) is 18.2. The molecule has 2 heterocycles. The van der Waals surface area contributed by atoms with Crippen molar-refractivity contribution >= 4 is 60.6 Å². The summed E-state index contributed by atoms with van der Waals surface area (Å²) >= 11 is 11.5. The number of hydrogen-bond acceptors (Lipinski definition) is 5. The summed E-state index contributed by atoms with van der Waals surface area (Å²) in [5, 5.41) is 8.73. The van der Waals surface area contributed by atoms with Crippen molar-refractivity contribution in [3.8, 4) is 0 Å². The van der Waals surface area contributed by atoms with Crippen molar-refractivity contribution in [1.82, 2.24) is 15.3 Å². The van der Waals surface area contributed by atoms with E-state index in [-0.39, 0.29) is 0 Å². The summed E-state index contributed by atoms with van der Waals surface area (Å²) in [6, 6.07) is 8.45. The largest absolute Gasteiger partial charge is 0.337 e. The molecule has 0 unspecified atom stereocenters. The number of rotatable bonds is 5. The third-order valence-electron chi connectivity index (χ3n) is 4.70. The summed E-state index contributed by atoms with van der Waals surface area (Å²) in [7, 11) is 0. The Labute approximate surface area is 170 Å². The SMILES string of the molecule is Clc1c(Br)cccc1Nc1nccc2sc(CNC3CCCCC3)nc12. The van der Waals surface area contributed by atoms with E-state index in [9.17, 15) is 0 Å². The van der Waals surface area contributed by atoms with Crippen LogP contribution in [0.2, 0.25) is 5.02 Å². The first-order valence-electron chi connectivity index (χ1n) is 8.89. The van der Waals surface area contributed by atoms with E-state index in [1.807, 2.05) is 30.5 Å². The lowest BCUT2D eigenvalue weighted by Crippen LogP contribution is -2.30. The summed E-state index contributed by atoms with van der Waals surface area (Å²) in [5.74, 6) is 0.739. The first-order chi connectivity index (χ1) is 12.7. The molecule has 0 amide bonds. The Kier molecular flexibility index (Phi) is 5.74. The van der Waals surface area contributed by atoms with E-state index in [0.717, 1.165) is 37.7 Å². The van der Waals surface area contributed by atoms with Gasteiger partial charge in [0.15, 0.2) is 5.82 Å². The zero-order valence-corrected chi connectivity index (χ0v) is 17.4. The summed E-state index contributed by atoms with van der Waals surface area (Å²) in [6.45, 7) is 0.821. The van der Waals surface area contributed by atoms with Gasteiger partial charge in [-0.15, -0.1) is 11.3 Å². The van der Waals surface area contributed by atoms with E-state index < -0.39 is 0 Å². The molecule has 0 spiro atoms. The normalized spacial score (nSPS) is 15.5. The Hall–Kier alpha value is -1.21. The molecule has 2 N–H and O–H groups in total. The van der Waals surface area contributed by atoms with Gasteiger partial charge in [0.1, 0.15) is 10.5 Å². The van der Waals surface area contributed by atoms with Gasteiger partial charge in [0.05, 0.1) is 15.4 Å². The fourth-order valence-corrected chi connectivity index (χ4v) is 4.79. The lowest BCUT2D eigenvalue weighted by atomic mass is 9.96. The van der Waals surface area contributed by atoms with Gasteiger partial charge in [0, 0.05) is 23.3 Å². The maximum Gasteiger partial charge on any atom is 0.157 e. The highest BCUT2D eigenvalue weighted by Gasteiger charge is 2.15. The topological polar surface area (TPSA) is 49.8 Å². The minimum Gasteiger partial charge on any atom is -0.337 e. The van der Waals surface area contributed by atoms with E-state index >= 15 is 0 Å². The molecular weight excluding hydrogens is 432 g/mol. The van der Waals surface area contributed by atoms with Crippen molar-refractivity contribution in [3.05, 3.63) is 45.0 Å². The quantitative estimate of drug-likeness (QED) is 0.480. The number of nitrogens with one attached hydrogen (secondary N) is 2. The molecule has 3 aromatic rings. The van der Waals surface area contributed by atoms with Gasteiger partial charge in [0.2, 0.25) is 0 Å². The Morgan fingerprint density at radius 3 is 2.88 bits per heavy atom. The number of fused-ring (bicyclic) bond motifs is 1. The lowest BCUT2D eigenvalue weighted by Gasteiger charge is -2.22. The third kappa shape index (κ3) is 4.03. The van der Waals surface area contributed by atoms with E-state index in [2.05, 4.69) is 31.5 Å². The number of thiazole rings is 1. The first-order valence-corrected chi connectivity index (χ1v) is 10.9. The van der Waals surface area contributed by atoms with Crippen molar-refractivity contribution < 1.29 is 0 Å². The monoisotopic (exact) mass is 450 g/mol. The molecule has 1 aromatic carbocycles. The zero-order valence-electron chi connectivity index (χ0n) is 14.3. The Bertz CT molecular complexity index is 908. The Morgan fingerprint density at radius 2 is 2.04 bits per heavy atom. The van der Waals surface area contributed by atoms with Crippen molar-refractivity contribution in [2.75, 3.05) is 5.32 Å². The van der Waals surface area contributed by atoms with Crippen LogP contribution in [0, 0.1) is 0 Å². The molecule has 0 atom stereocenters. The van der Waals surface area contributed by atoms with Crippen LogP contribution < -0.4 is 10.6 Å². The van der Waals surface area contributed by atoms with Gasteiger partial charge in [-0.3, -0.25) is 0 Å². The molecule has 4 rings (SSSR count). The highest BCUT2D eigenvalue weighted by molar-refractivity contribution is 9.10. The molecule has 136 valence electrons. The number of anilines is 2. The van der Waals surface area contributed by atoms with Gasteiger partial charge in [-0.05, 0) is 47.0 Å². The van der Waals surface area contributed by atoms with Crippen LogP contribution in [0.15, 0.2) is 34.9 Å². The van der Waals surface area contributed by atoms with Crippen LogP contribution >= 0.6 is 38.9 Å². The van der Waals surface area contributed by atoms with E-state index in [4.69, 9.17) is 16.6 Å². The molecule has 0 saturated heterocycles. The fraction of sp³-hybridized carbons (Fsp3) is 0.368. The number of benzene rings is 1. The second-order valence-corrected chi connectivity index (χ2v) is 8.90. The van der Waals surface area contributed by atoms with Crippen LogP contribution in [0.4, 0.5) is 11.5 Å². The average Bonchev–Trinajstić information content (AvgIpc) is 3.09. The van der Waals surface area contributed by atoms with Gasteiger partial charge >= 0.3 is 0 Å². The van der Waals surface area contributed by atoms with Gasteiger partial charge in [-0.1, -0.05) is 36.9 Å².